The predicted molar refractivity (Wildman–Crippen MR) is 127 cm³/mol. The van der Waals surface area contributed by atoms with Crippen LogP contribution in [0.25, 0.3) is 0 Å². The van der Waals surface area contributed by atoms with Gasteiger partial charge in [0, 0.05) is 31.6 Å². The molecule has 1 heterocycles. The molecule has 1 amide bonds. The second kappa shape index (κ2) is 11.4. The Bertz CT molecular complexity index is 1090. The summed E-state index contributed by atoms with van der Waals surface area (Å²) in [6, 6.07) is 11.1. The van der Waals surface area contributed by atoms with Crippen molar-refractivity contribution in [2.45, 2.75) is 56.5 Å². The van der Waals surface area contributed by atoms with Gasteiger partial charge in [0.2, 0.25) is 5.91 Å². The summed E-state index contributed by atoms with van der Waals surface area (Å²) in [6.45, 7) is 0.446. The van der Waals surface area contributed by atoms with Crippen molar-refractivity contribution in [3.8, 4) is 5.75 Å². The molecule has 0 unspecified atom stereocenters. The molecule has 1 aliphatic carbocycles. The van der Waals surface area contributed by atoms with Gasteiger partial charge in [-0.3, -0.25) is 14.8 Å². The predicted octanol–water partition coefficient (Wildman–Crippen LogP) is 3.21. The lowest BCUT2D eigenvalue weighted by Gasteiger charge is -2.32. The fourth-order valence-electron chi connectivity index (χ4n) is 4.66. The standard InChI is InChI=1S/C26H30F2N4O3/c1-32(16-17-8-10-19(27)11-9-17)25-22(31-24(33)7-2-4-18-14-29-30-15-18)13-23(26(25)34)35-21-6-3-5-20(28)12-21/h3,5-6,8-12,14-15,22-23,25-26,34H,2,4,7,13,16H2,1H3,(H,29,30)(H,31,33)/t22-,23-,25+,26+/m1/s1. The summed E-state index contributed by atoms with van der Waals surface area (Å²) in [7, 11) is 1.85. The van der Waals surface area contributed by atoms with Gasteiger partial charge < -0.3 is 15.2 Å². The van der Waals surface area contributed by atoms with Gasteiger partial charge in [-0.2, -0.15) is 5.10 Å². The zero-order valence-electron chi connectivity index (χ0n) is 19.5. The number of halogens is 2. The lowest BCUT2D eigenvalue weighted by molar-refractivity contribution is -0.122. The van der Waals surface area contributed by atoms with Crippen LogP contribution in [0, 0.1) is 11.6 Å². The first kappa shape index (κ1) is 24.8. The first-order chi connectivity index (χ1) is 16.9. The van der Waals surface area contributed by atoms with Crippen LogP contribution in [0.1, 0.15) is 30.4 Å². The lowest BCUT2D eigenvalue weighted by atomic mass is 10.1. The Hall–Kier alpha value is -3.30. The molecular formula is C26H30F2N4O3. The number of H-pyrrole nitrogens is 1. The first-order valence-corrected chi connectivity index (χ1v) is 11.7. The highest BCUT2D eigenvalue weighted by molar-refractivity contribution is 5.76. The number of ether oxygens (including phenoxy) is 1. The number of aromatic amines is 1. The maximum atomic E-state index is 13.6. The zero-order valence-corrected chi connectivity index (χ0v) is 19.5. The molecule has 0 bridgehead atoms. The molecule has 0 spiro atoms. The Labute approximate surface area is 203 Å². The van der Waals surface area contributed by atoms with Gasteiger partial charge in [-0.15, -0.1) is 0 Å². The van der Waals surface area contributed by atoms with Crippen LogP contribution in [0.2, 0.25) is 0 Å². The van der Waals surface area contributed by atoms with Crippen LogP contribution in [0.4, 0.5) is 8.78 Å². The van der Waals surface area contributed by atoms with E-state index in [2.05, 4.69) is 15.5 Å². The minimum Gasteiger partial charge on any atom is -0.487 e. The average molecular weight is 485 g/mol. The van der Waals surface area contributed by atoms with Gasteiger partial charge >= 0.3 is 0 Å². The fourth-order valence-corrected chi connectivity index (χ4v) is 4.66. The molecule has 7 nitrogen and oxygen atoms in total. The van der Waals surface area contributed by atoms with Crippen LogP contribution in [0.3, 0.4) is 0 Å². The number of carbonyl (C=O) groups excluding carboxylic acids is 1. The monoisotopic (exact) mass is 484 g/mol. The van der Waals surface area contributed by atoms with Crippen molar-refractivity contribution in [2.24, 2.45) is 0 Å². The van der Waals surface area contributed by atoms with Gasteiger partial charge in [0.25, 0.3) is 0 Å². The van der Waals surface area contributed by atoms with Gasteiger partial charge in [-0.1, -0.05) is 18.2 Å². The minimum atomic E-state index is -0.931. The number of aliphatic hydroxyl groups is 1. The normalized spacial score (nSPS) is 21.9. The molecule has 0 saturated heterocycles. The van der Waals surface area contributed by atoms with Crippen molar-refractivity contribution in [3.05, 3.63) is 83.7 Å². The van der Waals surface area contributed by atoms with E-state index in [-0.39, 0.29) is 17.8 Å². The zero-order chi connectivity index (χ0) is 24.8. The molecule has 3 aromatic rings. The second-order valence-corrected chi connectivity index (χ2v) is 9.01. The Balaban J connectivity index is 1.43. The molecule has 4 rings (SSSR count). The third kappa shape index (κ3) is 6.64. The largest absolute Gasteiger partial charge is 0.487 e. The molecule has 0 aliphatic heterocycles. The van der Waals surface area contributed by atoms with Crippen molar-refractivity contribution in [3.63, 3.8) is 0 Å². The van der Waals surface area contributed by atoms with Gasteiger partial charge in [-0.05, 0) is 55.3 Å². The lowest BCUT2D eigenvalue weighted by Crippen LogP contribution is -2.51. The summed E-state index contributed by atoms with van der Waals surface area (Å²) >= 11 is 0. The summed E-state index contributed by atoms with van der Waals surface area (Å²) in [6.07, 6.45) is 4.08. The smallest absolute Gasteiger partial charge is 0.220 e. The molecule has 2 aromatic carbocycles. The molecule has 186 valence electrons. The quantitative estimate of drug-likeness (QED) is 0.411. The van der Waals surface area contributed by atoms with Crippen molar-refractivity contribution in [2.75, 3.05) is 7.05 Å². The Morgan fingerprint density at radius 3 is 2.71 bits per heavy atom. The van der Waals surface area contributed by atoms with E-state index in [1.54, 1.807) is 36.7 Å². The summed E-state index contributed by atoms with van der Waals surface area (Å²) in [5.41, 5.74) is 1.91. The molecule has 3 N–H and O–H groups in total. The number of carbonyl (C=O) groups is 1. The van der Waals surface area contributed by atoms with E-state index >= 15 is 0 Å². The number of rotatable bonds is 10. The van der Waals surface area contributed by atoms with Gasteiger partial charge in [-0.25, -0.2) is 8.78 Å². The van der Waals surface area contributed by atoms with Crippen LogP contribution in [-0.2, 0) is 17.8 Å². The van der Waals surface area contributed by atoms with Crippen LogP contribution in [0.15, 0.2) is 60.9 Å². The topological polar surface area (TPSA) is 90.5 Å². The Morgan fingerprint density at radius 2 is 2.00 bits per heavy atom. The highest BCUT2D eigenvalue weighted by Crippen LogP contribution is 2.30. The van der Waals surface area contributed by atoms with Crippen LogP contribution in [-0.4, -0.2) is 57.5 Å². The third-order valence-corrected chi connectivity index (χ3v) is 6.34. The number of amides is 1. The number of hydrogen-bond donors (Lipinski definition) is 3. The molecule has 1 aromatic heterocycles. The van der Waals surface area contributed by atoms with Crippen molar-refractivity contribution in [1.82, 2.24) is 20.4 Å². The van der Waals surface area contributed by atoms with E-state index in [1.165, 1.54) is 24.3 Å². The van der Waals surface area contributed by atoms with E-state index in [4.69, 9.17) is 4.74 Å². The number of benzene rings is 2. The molecule has 4 atom stereocenters. The average Bonchev–Trinajstić information content (AvgIpc) is 3.43. The highest BCUT2D eigenvalue weighted by atomic mass is 19.1. The second-order valence-electron chi connectivity index (χ2n) is 9.01. The van der Waals surface area contributed by atoms with Crippen molar-refractivity contribution < 1.29 is 23.4 Å². The number of hydrogen-bond acceptors (Lipinski definition) is 5. The van der Waals surface area contributed by atoms with E-state index < -0.39 is 24.1 Å². The molecule has 1 fully saturated rings. The van der Waals surface area contributed by atoms with Gasteiger partial charge in [0.15, 0.2) is 0 Å². The van der Waals surface area contributed by atoms with Gasteiger partial charge in [0.1, 0.15) is 29.6 Å². The Kier molecular flexibility index (Phi) is 8.09. The number of aliphatic hydroxyl groups excluding tert-OH is 1. The van der Waals surface area contributed by atoms with Crippen LogP contribution >= 0.6 is 0 Å². The summed E-state index contributed by atoms with van der Waals surface area (Å²) < 4.78 is 32.9. The SMILES string of the molecule is CN(Cc1ccc(F)cc1)[C@@H]1[C@@H](O)[C@H](Oc2cccc(F)c2)C[C@H]1NC(=O)CCCc1cn[nH]c1. The van der Waals surface area contributed by atoms with Crippen molar-refractivity contribution >= 4 is 5.91 Å². The van der Waals surface area contributed by atoms with E-state index in [9.17, 15) is 18.7 Å². The number of likely N-dealkylation sites (N-methyl/N-ethyl adjacent to an activating group) is 1. The summed E-state index contributed by atoms with van der Waals surface area (Å²) in [5, 5.41) is 20.9. The maximum absolute atomic E-state index is 13.6. The molecule has 0 radical (unpaired) electrons. The maximum Gasteiger partial charge on any atom is 0.220 e. The van der Waals surface area contributed by atoms with Crippen LogP contribution < -0.4 is 10.1 Å². The molecule has 1 saturated carbocycles. The van der Waals surface area contributed by atoms with Crippen molar-refractivity contribution in [1.29, 1.82) is 0 Å². The van der Waals surface area contributed by atoms with Gasteiger partial charge in [0.05, 0.1) is 18.3 Å². The summed E-state index contributed by atoms with van der Waals surface area (Å²) in [4.78, 5) is 14.7. The number of nitrogens with one attached hydrogen (secondary N) is 2. The Morgan fingerprint density at radius 1 is 1.20 bits per heavy atom. The minimum absolute atomic E-state index is 0.114. The summed E-state index contributed by atoms with van der Waals surface area (Å²) in [5.74, 6) is -0.540. The van der Waals surface area contributed by atoms with E-state index in [1.807, 2.05) is 11.9 Å². The third-order valence-electron chi connectivity index (χ3n) is 6.34. The first-order valence-electron chi connectivity index (χ1n) is 11.7. The number of nitrogens with zero attached hydrogens (tertiary/aromatic N) is 2. The highest BCUT2D eigenvalue weighted by Gasteiger charge is 2.46. The van der Waals surface area contributed by atoms with E-state index in [0.717, 1.165) is 17.5 Å². The number of aromatic nitrogens is 2. The number of aryl methyl sites for hydroxylation is 1. The molecule has 35 heavy (non-hydrogen) atoms. The fraction of sp³-hybridized carbons (Fsp3) is 0.385. The van der Waals surface area contributed by atoms with Crippen LogP contribution in [0.5, 0.6) is 5.75 Å². The molecular weight excluding hydrogens is 454 g/mol. The van der Waals surface area contributed by atoms with E-state index in [0.29, 0.717) is 31.6 Å². The molecule has 9 heteroatoms. The molecule has 1 aliphatic rings.